The maximum Gasteiger partial charge on any atom is 0.310 e. The van der Waals surface area contributed by atoms with Gasteiger partial charge in [-0.25, -0.2) is 0 Å². The first kappa shape index (κ1) is 15.5. The second kappa shape index (κ2) is 6.26. The molecule has 1 aliphatic rings. The summed E-state index contributed by atoms with van der Waals surface area (Å²) in [6, 6.07) is 7.22. The van der Waals surface area contributed by atoms with Gasteiger partial charge in [0.1, 0.15) is 0 Å². The molecule has 1 aliphatic heterocycles. The fourth-order valence-electron chi connectivity index (χ4n) is 3.06. The van der Waals surface area contributed by atoms with E-state index in [1.54, 1.807) is 12.1 Å². The summed E-state index contributed by atoms with van der Waals surface area (Å²) in [6.07, 6.45) is 2.26. The molecule has 0 spiro atoms. The molecule has 1 aromatic carbocycles. The Morgan fingerprint density at radius 3 is 2.81 bits per heavy atom. The first-order chi connectivity index (χ1) is 9.97. The van der Waals surface area contributed by atoms with Gasteiger partial charge in [-0.3, -0.25) is 14.5 Å². The smallest absolute Gasteiger partial charge is 0.310 e. The van der Waals surface area contributed by atoms with E-state index >= 15 is 0 Å². The number of carbonyl (C=O) groups excluding carboxylic acids is 1. The SMILES string of the molecule is CCC1(C(=O)O)CCCN(Cc2cccc(C(N)=O)c2)C1. The van der Waals surface area contributed by atoms with Gasteiger partial charge in [0.2, 0.25) is 5.91 Å². The van der Waals surface area contributed by atoms with E-state index in [0.717, 1.165) is 24.9 Å². The third kappa shape index (κ3) is 3.42. The predicted molar refractivity (Wildman–Crippen MR) is 79.8 cm³/mol. The fraction of sp³-hybridized carbons (Fsp3) is 0.500. The number of hydrogen-bond donors (Lipinski definition) is 2. The number of piperidine rings is 1. The minimum Gasteiger partial charge on any atom is -0.481 e. The largest absolute Gasteiger partial charge is 0.481 e. The van der Waals surface area contributed by atoms with Crippen LogP contribution in [0.3, 0.4) is 0 Å². The summed E-state index contributed by atoms with van der Waals surface area (Å²) in [6.45, 7) is 4.02. The number of nitrogens with two attached hydrogens (primary N) is 1. The summed E-state index contributed by atoms with van der Waals surface area (Å²) < 4.78 is 0. The quantitative estimate of drug-likeness (QED) is 0.867. The Kier molecular flexibility index (Phi) is 4.63. The molecule has 21 heavy (non-hydrogen) atoms. The highest BCUT2D eigenvalue weighted by molar-refractivity contribution is 5.92. The van der Waals surface area contributed by atoms with Crippen LogP contribution in [-0.4, -0.2) is 35.0 Å². The molecule has 1 heterocycles. The first-order valence-electron chi connectivity index (χ1n) is 7.31. The molecule has 114 valence electrons. The van der Waals surface area contributed by atoms with Crippen molar-refractivity contribution >= 4 is 11.9 Å². The number of aliphatic carboxylic acids is 1. The normalized spacial score (nSPS) is 22.9. The molecule has 0 bridgehead atoms. The minimum absolute atomic E-state index is 0.441. The number of carbonyl (C=O) groups is 2. The lowest BCUT2D eigenvalue weighted by atomic mass is 9.77. The number of carboxylic acid groups (broad SMARTS) is 1. The second-order valence-electron chi connectivity index (χ2n) is 5.82. The van der Waals surface area contributed by atoms with E-state index in [0.29, 0.717) is 25.1 Å². The lowest BCUT2D eigenvalue weighted by Gasteiger charge is -2.39. The van der Waals surface area contributed by atoms with Gasteiger partial charge in [-0.15, -0.1) is 0 Å². The van der Waals surface area contributed by atoms with Crippen molar-refractivity contribution in [2.24, 2.45) is 11.1 Å². The molecule has 1 atom stereocenters. The predicted octanol–water partition coefficient (Wildman–Crippen LogP) is 1.86. The van der Waals surface area contributed by atoms with Gasteiger partial charge in [0.05, 0.1) is 5.41 Å². The minimum atomic E-state index is -0.708. The number of carboxylic acids is 1. The molecular formula is C16H22N2O3. The van der Waals surface area contributed by atoms with Crippen LogP contribution in [0.1, 0.15) is 42.1 Å². The van der Waals surface area contributed by atoms with Crippen molar-refractivity contribution in [1.29, 1.82) is 0 Å². The van der Waals surface area contributed by atoms with Gasteiger partial charge in [-0.2, -0.15) is 0 Å². The zero-order chi connectivity index (χ0) is 15.5. The summed E-state index contributed by atoms with van der Waals surface area (Å²) in [5, 5.41) is 9.50. The zero-order valence-corrected chi connectivity index (χ0v) is 12.3. The summed E-state index contributed by atoms with van der Waals surface area (Å²) in [5.41, 5.74) is 6.13. The molecule has 5 heteroatoms. The van der Waals surface area contributed by atoms with Gasteiger partial charge in [-0.1, -0.05) is 19.1 Å². The molecule has 0 aliphatic carbocycles. The van der Waals surface area contributed by atoms with Gasteiger partial charge >= 0.3 is 5.97 Å². The molecular weight excluding hydrogens is 268 g/mol. The number of likely N-dealkylation sites (tertiary alicyclic amines) is 1. The van der Waals surface area contributed by atoms with Crippen molar-refractivity contribution in [3.05, 3.63) is 35.4 Å². The molecule has 0 aromatic heterocycles. The molecule has 1 unspecified atom stereocenters. The van der Waals surface area contributed by atoms with E-state index < -0.39 is 17.3 Å². The van der Waals surface area contributed by atoms with E-state index in [2.05, 4.69) is 4.90 Å². The van der Waals surface area contributed by atoms with Gasteiger partial charge < -0.3 is 10.8 Å². The van der Waals surface area contributed by atoms with E-state index in [4.69, 9.17) is 5.73 Å². The third-order valence-corrected chi connectivity index (χ3v) is 4.40. The van der Waals surface area contributed by atoms with Gasteiger partial charge in [0.25, 0.3) is 0 Å². The highest BCUT2D eigenvalue weighted by atomic mass is 16.4. The number of hydrogen-bond acceptors (Lipinski definition) is 3. The van der Waals surface area contributed by atoms with Crippen molar-refractivity contribution < 1.29 is 14.7 Å². The van der Waals surface area contributed by atoms with Crippen LogP contribution >= 0.6 is 0 Å². The van der Waals surface area contributed by atoms with Crippen molar-refractivity contribution in [3.8, 4) is 0 Å². The molecule has 1 fully saturated rings. The highest BCUT2D eigenvalue weighted by Crippen LogP contribution is 2.34. The van der Waals surface area contributed by atoms with Crippen LogP contribution in [0.2, 0.25) is 0 Å². The first-order valence-corrected chi connectivity index (χ1v) is 7.31. The van der Waals surface area contributed by atoms with Crippen LogP contribution in [0, 0.1) is 5.41 Å². The lowest BCUT2D eigenvalue weighted by Crippen LogP contribution is -2.47. The molecule has 1 aromatic rings. The molecule has 1 saturated heterocycles. The van der Waals surface area contributed by atoms with Crippen LogP contribution in [0.25, 0.3) is 0 Å². The van der Waals surface area contributed by atoms with E-state index in [-0.39, 0.29) is 0 Å². The number of benzene rings is 1. The Morgan fingerprint density at radius 1 is 1.43 bits per heavy atom. The van der Waals surface area contributed by atoms with Crippen LogP contribution < -0.4 is 5.73 Å². The van der Waals surface area contributed by atoms with Crippen LogP contribution in [0.5, 0.6) is 0 Å². The highest BCUT2D eigenvalue weighted by Gasteiger charge is 2.40. The average molecular weight is 290 g/mol. The molecule has 3 N–H and O–H groups in total. The molecule has 2 rings (SSSR count). The Balaban J connectivity index is 2.11. The summed E-state index contributed by atoms with van der Waals surface area (Å²) in [5.74, 6) is -1.15. The Morgan fingerprint density at radius 2 is 2.19 bits per heavy atom. The van der Waals surface area contributed by atoms with Crippen LogP contribution in [0.15, 0.2) is 24.3 Å². The van der Waals surface area contributed by atoms with E-state index in [1.807, 2.05) is 19.1 Å². The number of rotatable bonds is 5. The van der Waals surface area contributed by atoms with Crippen molar-refractivity contribution in [3.63, 3.8) is 0 Å². The Labute approximate surface area is 124 Å². The lowest BCUT2D eigenvalue weighted by molar-refractivity contribution is -0.153. The summed E-state index contributed by atoms with van der Waals surface area (Å²) in [7, 11) is 0. The molecule has 0 radical (unpaired) electrons. The zero-order valence-electron chi connectivity index (χ0n) is 12.3. The topological polar surface area (TPSA) is 83.6 Å². The van der Waals surface area contributed by atoms with Crippen LogP contribution in [0.4, 0.5) is 0 Å². The fourth-order valence-corrected chi connectivity index (χ4v) is 3.06. The Bertz CT molecular complexity index is 544. The summed E-state index contributed by atoms with van der Waals surface area (Å²) in [4.78, 5) is 24.9. The second-order valence-corrected chi connectivity index (χ2v) is 5.82. The van der Waals surface area contributed by atoms with Crippen LogP contribution in [-0.2, 0) is 11.3 Å². The third-order valence-electron chi connectivity index (χ3n) is 4.40. The van der Waals surface area contributed by atoms with Crippen molar-refractivity contribution in [2.45, 2.75) is 32.7 Å². The average Bonchev–Trinajstić information content (AvgIpc) is 2.47. The monoisotopic (exact) mass is 290 g/mol. The molecule has 5 nitrogen and oxygen atoms in total. The van der Waals surface area contributed by atoms with E-state index in [9.17, 15) is 14.7 Å². The Hall–Kier alpha value is -1.88. The van der Waals surface area contributed by atoms with Crippen molar-refractivity contribution in [1.82, 2.24) is 4.90 Å². The maximum absolute atomic E-state index is 11.6. The maximum atomic E-state index is 11.6. The number of nitrogens with zero attached hydrogens (tertiary/aromatic N) is 1. The molecule has 1 amide bonds. The summed E-state index contributed by atoms with van der Waals surface area (Å²) >= 11 is 0. The standard InChI is InChI=1S/C16H22N2O3/c1-2-16(15(20)21)7-4-8-18(11-16)10-12-5-3-6-13(9-12)14(17)19/h3,5-6,9H,2,4,7-8,10-11H2,1H3,(H2,17,19)(H,20,21). The number of amides is 1. The van der Waals surface area contributed by atoms with E-state index in [1.165, 1.54) is 0 Å². The van der Waals surface area contributed by atoms with Gasteiger partial charge in [0.15, 0.2) is 0 Å². The number of primary amides is 1. The van der Waals surface area contributed by atoms with Gasteiger partial charge in [0, 0.05) is 18.7 Å². The van der Waals surface area contributed by atoms with Gasteiger partial charge in [-0.05, 0) is 43.5 Å². The molecule has 0 saturated carbocycles. The van der Waals surface area contributed by atoms with Crippen molar-refractivity contribution in [2.75, 3.05) is 13.1 Å².